The van der Waals surface area contributed by atoms with Crippen molar-refractivity contribution < 1.29 is 4.42 Å². The highest BCUT2D eigenvalue weighted by atomic mass is 16.4. The third kappa shape index (κ3) is 2.26. The second-order valence-electron chi connectivity index (χ2n) is 5.67. The Morgan fingerprint density at radius 3 is 2.70 bits per heavy atom. The maximum atomic E-state index is 12.4. The summed E-state index contributed by atoms with van der Waals surface area (Å²) in [6.07, 6.45) is 0. The van der Waals surface area contributed by atoms with Gasteiger partial charge in [-0.3, -0.25) is 0 Å². The maximum absolute atomic E-state index is 12.4. The van der Waals surface area contributed by atoms with Gasteiger partial charge in [-0.2, -0.15) is 0 Å². The quantitative estimate of drug-likeness (QED) is 0.577. The molecule has 0 bridgehead atoms. The number of aromatic amines is 1. The van der Waals surface area contributed by atoms with Crippen LogP contribution in [0.3, 0.4) is 0 Å². The lowest BCUT2D eigenvalue weighted by atomic mass is 10.1. The highest BCUT2D eigenvalue weighted by Crippen LogP contribution is 2.24. The number of benzene rings is 2. The summed E-state index contributed by atoms with van der Waals surface area (Å²) in [6.45, 7) is 0. The number of para-hydroxylation sites is 2. The molecule has 1 N–H and O–H groups in total. The Morgan fingerprint density at radius 2 is 1.91 bits per heavy atom. The van der Waals surface area contributed by atoms with Gasteiger partial charge < -0.3 is 14.3 Å². The summed E-state index contributed by atoms with van der Waals surface area (Å²) in [5, 5.41) is 0.866. The lowest BCUT2D eigenvalue weighted by molar-refractivity contribution is 0.563. The largest absolute Gasteiger partial charge is 0.422 e. The summed E-state index contributed by atoms with van der Waals surface area (Å²) in [5.74, 6) is 0.526. The van der Waals surface area contributed by atoms with Crippen LogP contribution < -0.4 is 10.5 Å². The van der Waals surface area contributed by atoms with Crippen LogP contribution >= 0.6 is 0 Å². The van der Waals surface area contributed by atoms with Crippen LogP contribution in [-0.2, 0) is 0 Å². The SMILES string of the molecule is CN(C)c1ccc2cc(-c3nc4ccccc4[nH]3)c(=O)oc2c1. The second kappa shape index (κ2) is 4.98. The van der Waals surface area contributed by atoms with Crippen molar-refractivity contribution >= 4 is 27.7 Å². The molecule has 4 rings (SSSR count). The van der Waals surface area contributed by atoms with Crippen molar-refractivity contribution in [1.29, 1.82) is 0 Å². The van der Waals surface area contributed by atoms with E-state index in [1.165, 1.54) is 0 Å². The van der Waals surface area contributed by atoms with Crippen molar-refractivity contribution in [2.45, 2.75) is 0 Å². The predicted octanol–water partition coefficient (Wildman–Crippen LogP) is 3.40. The highest BCUT2D eigenvalue weighted by Gasteiger charge is 2.12. The number of imidazole rings is 1. The van der Waals surface area contributed by atoms with Gasteiger partial charge in [0, 0.05) is 31.2 Å². The average Bonchev–Trinajstić information content (AvgIpc) is 2.97. The number of rotatable bonds is 2. The maximum Gasteiger partial charge on any atom is 0.347 e. The zero-order valence-electron chi connectivity index (χ0n) is 12.8. The van der Waals surface area contributed by atoms with Crippen LogP contribution in [-0.4, -0.2) is 24.1 Å². The van der Waals surface area contributed by atoms with Gasteiger partial charge in [0.1, 0.15) is 17.0 Å². The summed E-state index contributed by atoms with van der Waals surface area (Å²) < 4.78 is 5.49. The van der Waals surface area contributed by atoms with Gasteiger partial charge in [0.2, 0.25) is 0 Å². The molecule has 2 aromatic heterocycles. The van der Waals surface area contributed by atoms with E-state index in [2.05, 4.69) is 9.97 Å². The molecule has 0 radical (unpaired) electrons. The van der Waals surface area contributed by atoms with Crippen molar-refractivity contribution in [3.8, 4) is 11.4 Å². The number of fused-ring (bicyclic) bond motifs is 2. The first-order chi connectivity index (χ1) is 11.1. The number of nitrogens with zero attached hydrogens (tertiary/aromatic N) is 2. The molecular formula is C18H15N3O2. The average molecular weight is 305 g/mol. The molecule has 0 amide bonds. The van der Waals surface area contributed by atoms with Crippen molar-refractivity contribution in [1.82, 2.24) is 9.97 Å². The van der Waals surface area contributed by atoms with Gasteiger partial charge in [-0.15, -0.1) is 0 Å². The molecule has 0 saturated heterocycles. The van der Waals surface area contributed by atoms with Gasteiger partial charge in [-0.25, -0.2) is 9.78 Å². The second-order valence-corrected chi connectivity index (χ2v) is 5.67. The van der Waals surface area contributed by atoms with Crippen LogP contribution in [0, 0.1) is 0 Å². The van der Waals surface area contributed by atoms with Gasteiger partial charge in [0.15, 0.2) is 0 Å². The number of hydrogen-bond donors (Lipinski definition) is 1. The Labute approximate surface area is 132 Å². The predicted molar refractivity (Wildman–Crippen MR) is 91.9 cm³/mol. The Morgan fingerprint density at radius 1 is 1.09 bits per heavy atom. The lowest BCUT2D eigenvalue weighted by Gasteiger charge is -2.12. The zero-order chi connectivity index (χ0) is 16.0. The molecule has 0 aliphatic heterocycles. The molecule has 114 valence electrons. The van der Waals surface area contributed by atoms with E-state index in [1.54, 1.807) is 0 Å². The van der Waals surface area contributed by atoms with Gasteiger partial charge >= 0.3 is 5.63 Å². The molecule has 0 aliphatic rings. The van der Waals surface area contributed by atoms with Crippen LogP contribution in [0.4, 0.5) is 5.69 Å². The Hall–Kier alpha value is -3.08. The van der Waals surface area contributed by atoms with E-state index in [0.29, 0.717) is 17.0 Å². The first-order valence-electron chi connectivity index (χ1n) is 7.32. The van der Waals surface area contributed by atoms with Gasteiger partial charge in [0.25, 0.3) is 0 Å². The third-order valence-corrected chi connectivity index (χ3v) is 3.88. The Balaban J connectivity index is 1.91. The van der Waals surface area contributed by atoms with Crippen LogP contribution in [0.25, 0.3) is 33.4 Å². The molecule has 23 heavy (non-hydrogen) atoms. The van der Waals surface area contributed by atoms with Crippen molar-refractivity contribution in [2.75, 3.05) is 19.0 Å². The van der Waals surface area contributed by atoms with E-state index in [1.807, 2.05) is 67.5 Å². The number of anilines is 1. The van der Waals surface area contributed by atoms with E-state index in [-0.39, 0.29) is 0 Å². The van der Waals surface area contributed by atoms with E-state index in [0.717, 1.165) is 22.1 Å². The fourth-order valence-corrected chi connectivity index (χ4v) is 2.62. The molecule has 0 saturated carbocycles. The minimum atomic E-state index is -0.396. The minimum Gasteiger partial charge on any atom is -0.422 e. The van der Waals surface area contributed by atoms with Crippen LogP contribution in [0.5, 0.6) is 0 Å². The molecule has 2 heterocycles. The molecule has 0 aliphatic carbocycles. The van der Waals surface area contributed by atoms with Crippen molar-refractivity contribution in [3.63, 3.8) is 0 Å². The monoisotopic (exact) mass is 305 g/mol. The number of hydrogen-bond acceptors (Lipinski definition) is 4. The van der Waals surface area contributed by atoms with Crippen LogP contribution in [0.2, 0.25) is 0 Å². The van der Waals surface area contributed by atoms with Gasteiger partial charge in [-0.1, -0.05) is 12.1 Å². The van der Waals surface area contributed by atoms with E-state index < -0.39 is 5.63 Å². The fraction of sp³-hybridized carbons (Fsp3) is 0.111. The highest BCUT2D eigenvalue weighted by molar-refractivity contribution is 5.85. The van der Waals surface area contributed by atoms with Crippen molar-refractivity contribution in [2.24, 2.45) is 0 Å². The number of nitrogens with one attached hydrogen (secondary N) is 1. The third-order valence-electron chi connectivity index (χ3n) is 3.88. The first kappa shape index (κ1) is 13.6. The van der Waals surface area contributed by atoms with E-state index in [4.69, 9.17) is 4.42 Å². The Kier molecular flexibility index (Phi) is 2.94. The number of H-pyrrole nitrogens is 1. The lowest BCUT2D eigenvalue weighted by Crippen LogP contribution is -2.09. The van der Waals surface area contributed by atoms with Crippen LogP contribution in [0.15, 0.2) is 57.7 Å². The van der Waals surface area contributed by atoms with E-state index in [9.17, 15) is 4.79 Å². The standard InChI is InChI=1S/C18H15N3O2/c1-21(2)12-8-7-11-9-13(18(22)23-16(11)10-12)17-19-14-5-3-4-6-15(14)20-17/h3-10H,1-2H3,(H,19,20). The van der Waals surface area contributed by atoms with Gasteiger partial charge in [-0.05, 0) is 30.3 Å². The summed E-state index contributed by atoms with van der Waals surface area (Å²) in [7, 11) is 3.89. The summed E-state index contributed by atoms with van der Waals surface area (Å²) in [4.78, 5) is 22.0. The zero-order valence-corrected chi connectivity index (χ0v) is 12.8. The minimum absolute atomic E-state index is 0.396. The van der Waals surface area contributed by atoms with E-state index >= 15 is 0 Å². The van der Waals surface area contributed by atoms with Gasteiger partial charge in [0.05, 0.1) is 11.0 Å². The number of aromatic nitrogens is 2. The molecule has 4 aromatic rings. The topological polar surface area (TPSA) is 62.1 Å². The summed E-state index contributed by atoms with van der Waals surface area (Å²) >= 11 is 0. The molecule has 5 heteroatoms. The first-order valence-corrected chi connectivity index (χ1v) is 7.32. The van der Waals surface area contributed by atoms with Crippen molar-refractivity contribution in [3.05, 3.63) is 59.0 Å². The van der Waals surface area contributed by atoms with Crippen LogP contribution in [0.1, 0.15) is 0 Å². The Bertz CT molecular complexity index is 1040. The molecule has 2 aromatic carbocycles. The summed E-state index contributed by atoms with van der Waals surface area (Å²) in [5.41, 5.74) is 3.31. The molecule has 0 unspecified atom stereocenters. The molecule has 5 nitrogen and oxygen atoms in total. The molecular weight excluding hydrogens is 290 g/mol. The smallest absolute Gasteiger partial charge is 0.347 e. The molecule has 0 fully saturated rings. The molecule has 0 spiro atoms. The summed E-state index contributed by atoms with van der Waals surface area (Å²) in [6, 6.07) is 15.3. The molecule has 0 atom stereocenters. The normalized spacial score (nSPS) is 11.2. The fourth-order valence-electron chi connectivity index (χ4n) is 2.62.